The van der Waals surface area contributed by atoms with E-state index in [1.807, 2.05) is 60.1 Å². The van der Waals surface area contributed by atoms with Gasteiger partial charge in [0.15, 0.2) is 5.54 Å². The molecule has 3 amide bonds. The van der Waals surface area contributed by atoms with Crippen LogP contribution in [0.25, 0.3) is 33.9 Å². The van der Waals surface area contributed by atoms with E-state index >= 15 is 0 Å². The summed E-state index contributed by atoms with van der Waals surface area (Å²) in [5.74, 6) is 0.360. The van der Waals surface area contributed by atoms with Crippen molar-refractivity contribution in [3.05, 3.63) is 278 Å². The number of carbonyl (C=O) groups is 3. The monoisotopic (exact) mass is 1780 g/mol. The lowest BCUT2D eigenvalue weighted by molar-refractivity contribution is 0.0785. The second-order valence-electron chi connectivity index (χ2n) is 41.9. The molecule has 0 saturated heterocycles. The third kappa shape index (κ3) is 17.0. The van der Waals surface area contributed by atoms with Crippen molar-refractivity contribution in [1.82, 2.24) is 23.9 Å². The number of fused-ring (bicyclic) bond motifs is 12. The molecule has 0 radical (unpaired) electrons. The summed E-state index contributed by atoms with van der Waals surface area (Å²) in [6.45, 7) is 53.4. The molecule has 13 heteroatoms. The standard InChI is InChI=1S/C43H56N3OSi.C37H48N3OSi.C37H45NOSi/c1-13-16-21-44(10)41(47)31-20-18-17-19-30(31)40-34-22-32-28(4)26-42(6,7)45(14-2)36(32)24-38(34)48(11,12)39-25-37-33(23-35(39)40)29(5)27-43(8,9)46(37)15-3;1-7-10-19-38(4)37(41)29-18-12-11-17-28(29)36-30-22-26-15-13-20-39(8-2)32(26)24-34(30)42(5,6)35-25-33-27(23-31(35)36)16-14-21-40(33)9-3;1-5-6-21-38(2)37(39)31-20-14-13-19-30(31)36-32-22-26-15-9-7-11-17-28(26)24-34(32)40(3,4)35-25-29-18-12-8-10-16-27(29)23-33(35)36/h17-20,22-27H,13-16,21H2,1-12H3;11-12,17-18,22-25H,7-10,13-16,19-21H2,1-6H3;13-14,17,19-20,22-25H,5-12,15-16,18,21H2,1-4H3/q2*+1;. The Morgan fingerprint density at radius 2 is 0.846 bits per heavy atom. The largest absolute Gasteiger partial charge is 0.372 e. The molecule has 9 aliphatic rings. The highest BCUT2D eigenvalue weighted by Crippen LogP contribution is 2.43. The Bertz CT molecular complexity index is 6510. The quantitative estimate of drug-likeness (QED) is 0.0458. The number of rotatable bonds is 19. The number of allylic oxidation sites excluding steroid dienone is 2. The average molecular weight is 1790 g/mol. The summed E-state index contributed by atoms with van der Waals surface area (Å²) in [7, 11) is -0.398. The third-order valence-corrected chi connectivity index (χ3v) is 41.9. The zero-order valence-electron chi connectivity index (χ0n) is 83.2. The predicted octanol–water partition coefficient (Wildman–Crippen LogP) is 16.6. The molecule has 0 atom stereocenters. The SMILES string of the molecule is CCCCN(C)C(=O)c1ccccc1C1=c2cc3c(cc2[Si](C)(C)c2cc4c(cc21)C(C)=CC(C)(C)N4CC)=[N+](CC)C(C)(C)C=C3C.CCCCN(C)C(=O)c1ccccc1C1=c2cc3c(cc2[Si](C)(C)c2cc4c(cc21)CCCCC4)=CCCCC3.CCCCN(C)C(=O)c1ccccc1C1=c2cc3c(cc2[Si](C)(C)c2cc4c(cc21)CCCN4CC)=[N+](CC)CCC3. The zero-order valence-corrected chi connectivity index (χ0v) is 86.2. The molecule has 18 rings (SSSR count). The lowest BCUT2D eigenvalue weighted by Crippen LogP contribution is -2.65. The van der Waals surface area contributed by atoms with Crippen molar-refractivity contribution in [3.63, 3.8) is 0 Å². The van der Waals surface area contributed by atoms with Crippen molar-refractivity contribution in [1.29, 1.82) is 0 Å². The van der Waals surface area contributed by atoms with E-state index in [0.717, 1.165) is 150 Å². The van der Waals surface area contributed by atoms with Crippen LogP contribution in [0.4, 0.5) is 11.4 Å². The number of aryl methyl sites for hydroxylation is 5. The fourth-order valence-electron chi connectivity index (χ4n) is 24.1. The van der Waals surface area contributed by atoms with Gasteiger partial charge in [0.05, 0.1) is 5.54 Å². The topological polar surface area (TPSA) is 73.4 Å². The molecule has 130 heavy (non-hydrogen) atoms. The molecule has 0 saturated carbocycles. The number of carbonyl (C=O) groups excluding carboxylic acids is 3. The first kappa shape index (κ1) is 93.4. The first-order valence-corrected chi connectivity index (χ1v) is 59.3. The summed E-state index contributed by atoms with van der Waals surface area (Å²) in [5, 5.41) is 17.3. The highest BCUT2D eigenvalue weighted by molar-refractivity contribution is 7.02. The molecule has 10 nitrogen and oxygen atoms in total. The predicted molar refractivity (Wildman–Crippen MR) is 561 cm³/mol. The van der Waals surface area contributed by atoms with Crippen LogP contribution in [0.5, 0.6) is 0 Å². The van der Waals surface area contributed by atoms with Gasteiger partial charge in [0.2, 0.25) is 10.7 Å². The molecule has 9 aromatic rings. The van der Waals surface area contributed by atoms with Gasteiger partial charge in [-0.25, -0.2) is 9.15 Å². The van der Waals surface area contributed by atoms with E-state index in [2.05, 4.69) is 288 Å². The summed E-state index contributed by atoms with van der Waals surface area (Å²) < 4.78 is 5.14. The van der Waals surface area contributed by atoms with Crippen LogP contribution >= 0.6 is 0 Å². The number of nitrogens with zero attached hydrogens (tertiary/aromatic N) is 7. The van der Waals surface area contributed by atoms with E-state index in [1.54, 1.807) is 15.9 Å². The Morgan fingerprint density at radius 3 is 1.37 bits per heavy atom. The molecule has 9 aromatic carbocycles. The molecule has 0 N–H and O–H groups in total. The summed E-state index contributed by atoms with van der Waals surface area (Å²) in [4.78, 5) is 53.1. The average Bonchev–Trinajstić information content (AvgIpc) is 0.758. The maximum atomic E-state index is 14.2. The van der Waals surface area contributed by atoms with E-state index in [1.165, 1.54) is 206 Å². The molecule has 0 spiro atoms. The van der Waals surface area contributed by atoms with Gasteiger partial charge < -0.3 is 24.5 Å². The number of amides is 3. The number of benzene rings is 9. The smallest absolute Gasteiger partial charge is 0.254 e. The van der Waals surface area contributed by atoms with Gasteiger partial charge in [0.25, 0.3) is 17.7 Å². The second kappa shape index (κ2) is 37.7. The number of likely N-dealkylation sites (N-methyl/N-ethyl adjacent to an activating group) is 2. The number of unbranched alkanes of at least 4 members (excludes halogenated alkanes) is 3. The Balaban J connectivity index is 0.000000143. The molecule has 0 aromatic heterocycles. The van der Waals surface area contributed by atoms with Gasteiger partial charge in [0, 0.05) is 138 Å². The summed E-state index contributed by atoms with van der Waals surface area (Å²) in [6.07, 6.45) is 29.4. The minimum atomic E-state index is -2.24. The molecule has 7 aliphatic heterocycles. The van der Waals surface area contributed by atoms with Crippen molar-refractivity contribution < 1.29 is 14.4 Å². The van der Waals surface area contributed by atoms with Crippen LogP contribution in [0.15, 0.2) is 158 Å². The summed E-state index contributed by atoms with van der Waals surface area (Å²) in [5.41, 5.74) is 28.9. The molecule has 680 valence electrons. The minimum absolute atomic E-state index is 0.0663. The van der Waals surface area contributed by atoms with Crippen molar-refractivity contribution in [2.75, 3.05) is 89.8 Å². The van der Waals surface area contributed by atoms with Gasteiger partial charge >= 0.3 is 0 Å². The third-order valence-electron chi connectivity index (χ3n) is 31.3. The lowest BCUT2D eigenvalue weighted by Gasteiger charge is -2.44. The van der Waals surface area contributed by atoms with E-state index in [9.17, 15) is 14.4 Å². The van der Waals surface area contributed by atoms with Crippen molar-refractivity contribution in [2.45, 2.75) is 262 Å². The van der Waals surface area contributed by atoms with Crippen molar-refractivity contribution >= 4 is 118 Å². The number of hydrogen-bond donors (Lipinski definition) is 0. The molecule has 0 bridgehead atoms. The van der Waals surface area contributed by atoms with Crippen LogP contribution in [0, 0.1) is 0 Å². The zero-order chi connectivity index (χ0) is 92.4. The van der Waals surface area contributed by atoms with Crippen molar-refractivity contribution in [3.8, 4) is 0 Å². The molecule has 0 fully saturated rings. The van der Waals surface area contributed by atoms with Gasteiger partial charge in [-0.2, -0.15) is 0 Å². The van der Waals surface area contributed by atoms with Gasteiger partial charge in [-0.15, -0.1) is 0 Å². The van der Waals surface area contributed by atoms with E-state index in [4.69, 9.17) is 0 Å². The van der Waals surface area contributed by atoms with Crippen LogP contribution in [0.2, 0.25) is 39.3 Å². The van der Waals surface area contributed by atoms with Gasteiger partial charge in [0.1, 0.15) is 43.9 Å². The molecule has 7 heterocycles. The maximum Gasteiger partial charge on any atom is 0.254 e. The van der Waals surface area contributed by atoms with Gasteiger partial charge in [-0.05, 0) is 341 Å². The first-order chi connectivity index (χ1) is 62.3. The van der Waals surface area contributed by atoms with Gasteiger partial charge in [-0.1, -0.05) is 177 Å². The Morgan fingerprint density at radius 1 is 0.400 bits per heavy atom. The van der Waals surface area contributed by atoms with Crippen LogP contribution in [-0.4, -0.2) is 148 Å². The first-order valence-electron chi connectivity index (χ1n) is 50.3. The number of anilines is 2. The molecular formula is C117H149N7O3Si3+2. The van der Waals surface area contributed by atoms with Gasteiger partial charge in [-0.3, -0.25) is 14.4 Å². The Hall–Kier alpha value is -9.80. The van der Waals surface area contributed by atoms with Crippen LogP contribution < -0.4 is 81.7 Å². The van der Waals surface area contributed by atoms with Crippen molar-refractivity contribution in [2.24, 2.45) is 0 Å². The van der Waals surface area contributed by atoms with Crippen LogP contribution in [0.1, 0.15) is 283 Å². The van der Waals surface area contributed by atoms with Crippen LogP contribution in [0.3, 0.4) is 0 Å². The summed E-state index contributed by atoms with van der Waals surface area (Å²) in [6, 6.07) is 55.7. The Kier molecular flexibility index (Phi) is 27.1. The normalized spacial score (nSPS) is 17.5. The van der Waals surface area contributed by atoms with E-state index < -0.39 is 24.2 Å². The fourth-order valence-corrected chi connectivity index (χ4v) is 33.2. The molecule has 2 aliphatic carbocycles. The highest BCUT2D eigenvalue weighted by atomic mass is 28.3. The minimum Gasteiger partial charge on any atom is -0.372 e. The van der Waals surface area contributed by atoms with E-state index in [-0.39, 0.29) is 28.8 Å². The van der Waals surface area contributed by atoms with Crippen LogP contribution in [-0.2, 0) is 32.1 Å². The molecular weight excluding hydrogens is 1640 g/mol. The highest BCUT2D eigenvalue weighted by Gasteiger charge is 2.45. The fraction of sp³-hybridized carbons (Fsp3) is 0.444. The lowest BCUT2D eigenvalue weighted by atomic mass is 9.84. The van der Waals surface area contributed by atoms with E-state index in [0.29, 0.717) is 0 Å². The maximum absolute atomic E-state index is 14.2. The summed E-state index contributed by atoms with van der Waals surface area (Å²) >= 11 is 0. The Labute approximate surface area is 781 Å². The number of hydrogen-bond acceptors (Lipinski definition) is 5. The second-order valence-corrected chi connectivity index (χ2v) is 54.8. The molecule has 0 unspecified atom stereocenters.